The second kappa shape index (κ2) is 5.55. The summed E-state index contributed by atoms with van der Waals surface area (Å²) in [5.41, 5.74) is 0. The SMILES string of the molecule is CC(C)NC1CCN(CC2CCSC2)C1. The van der Waals surface area contributed by atoms with Gasteiger partial charge in [-0.05, 0) is 36.8 Å². The molecule has 0 aromatic rings. The highest BCUT2D eigenvalue weighted by Gasteiger charge is 2.26. The lowest BCUT2D eigenvalue weighted by atomic mass is 10.1. The summed E-state index contributed by atoms with van der Waals surface area (Å²) >= 11 is 2.13. The molecular weight excluding hydrogens is 204 g/mol. The Kier molecular flexibility index (Phi) is 4.35. The number of hydrogen-bond acceptors (Lipinski definition) is 3. The molecule has 2 unspecified atom stereocenters. The van der Waals surface area contributed by atoms with Gasteiger partial charge in [0.25, 0.3) is 0 Å². The fourth-order valence-electron chi connectivity index (χ4n) is 2.70. The van der Waals surface area contributed by atoms with Crippen molar-refractivity contribution in [3.05, 3.63) is 0 Å². The summed E-state index contributed by atoms with van der Waals surface area (Å²) < 4.78 is 0. The van der Waals surface area contributed by atoms with Crippen LogP contribution in [0.25, 0.3) is 0 Å². The molecule has 2 rings (SSSR count). The standard InChI is InChI=1S/C12H24N2S/c1-10(2)13-12-3-5-14(8-12)7-11-4-6-15-9-11/h10-13H,3-9H2,1-2H3. The fourth-order valence-corrected chi connectivity index (χ4v) is 3.97. The van der Waals surface area contributed by atoms with Gasteiger partial charge in [0.2, 0.25) is 0 Å². The van der Waals surface area contributed by atoms with Crippen molar-refractivity contribution in [3.63, 3.8) is 0 Å². The van der Waals surface area contributed by atoms with Crippen LogP contribution in [0.3, 0.4) is 0 Å². The molecule has 2 atom stereocenters. The lowest BCUT2D eigenvalue weighted by Crippen LogP contribution is -2.37. The minimum atomic E-state index is 0.636. The molecule has 0 aromatic carbocycles. The molecule has 2 nitrogen and oxygen atoms in total. The van der Waals surface area contributed by atoms with Crippen LogP contribution in [-0.4, -0.2) is 48.1 Å². The summed E-state index contributed by atoms with van der Waals surface area (Å²) in [4.78, 5) is 2.66. The van der Waals surface area contributed by atoms with Gasteiger partial charge in [-0.15, -0.1) is 0 Å². The van der Waals surface area contributed by atoms with Gasteiger partial charge in [0.1, 0.15) is 0 Å². The molecule has 88 valence electrons. The van der Waals surface area contributed by atoms with E-state index >= 15 is 0 Å². The number of hydrogen-bond donors (Lipinski definition) is 1. The van der Waals surface area contributed by atoms with Crippen molar-refractivity contribution in [1.29, 1.82) is 0 Å². The first kappa shape index (κ1) is 11.7. The van der Waals surface area contributed by atoms with Crippen molar-refractivity contribution >= 4 is 11.8 Å². The van der Waals surface area contributed by atoms with Gasteiger partial charge in [-0.2, -0.15) is 11.8 Å². The van der Waals surface area contributed by atoms with Crippen LogP contribution in [0.15, 0.2) is 0 Å². The average molecular weight is 228 g/mol. The molecule has 2 heterocycles. The zero-order chi connectivity index (χ0) is 10.7. The topological polar surface area (TPSA) is 15.3 Å². The van der Waals surface area contributed by atoms with Crippen molar-refractivity contribution in [2.24, 2.45) is 5.92 Å². The number of thioether (sulfide) groups is 1. The molecule has 2 aliphatic heterocycles. The average Bonchev–Trinajstić information content (AvgIpc) is 2.77. The molecule has 0 aromatic heterocycles. The molecular formula is C12H24N2S. The van der Waals surface area contributed by atoms with Gasteiger partial charge in [-0.1, -0.05) is 13.8 Å². The predicted molar refractivity (Wildman–Crippen MR) is 68.5 cm³/mol. The molecule has 2 saturated heterocycles. The summed E-state index contributed by atoms with van der Waals surface area (Å²) in [7, 11) is 0. The van der Waals surface area contributed by atoms with Crippen molar-refractivity contribution in [2.75, 3.05) is 31.1 Å². The quantitative estimate of drug-likeness (QED) is 0.790. The lowest BCUT2D eigenvalue weighted by molar-refractivity contribution is 0.282. The molecule has 0 aliphatic carbocycles. The van der Waals surface area contributed by atoms with Crippen molar-refractivity contribution in [3.8, 4) is 0 Å². The van der Waals surface area contributed by atoms with Crippen LogP contribution in [0.1, 0.15) is 26.7 Å². The number of likely N-dealkylation sites (tertiary alicyclic amines) is 1. The highest BCUT2D eigenvalue weighted by atomic mass is 32.2. The van der Waals surface area contributed by atoms with Crippen LogP contribution in [0.2, 0.25) is 0 Å². The smallest absolute Gasteiger partial charge is 0.0209 e. The molecule has 2 aliphatic rings. The summed E-state index contributed by atoms with van der Waals surface area (Å²) in [6.07, 6.45) is 2.79. The van der Waals surface area contributed by atoms with Crippen LogP contribution in [-0.2, 0) is 0 Å². The third-order valence-corrected chi connectivity index (χ3v) is 4.61. The Labute approximate surface area is 98.2 Å². The summed E-state index contributed by atoms with van der Waals surface area (Å²) in [5, 5.41) is 3.65. The number of rotatable bonds is 4. The van der Waals surface area contributed by atoms with Crippen molar-refractivity contribution < 1.29 is 0 Å². The maximum absolute atomic E-state index is 3.65. The molecule has 0 spiro atoms. The molecule has 0 saturated carbocycles. The van der Waals surface area contributed by atoms with E-state index in [2.05, 4.69) is 35.8 Å². The highest BCUT2D eigenvalue weighted by Crippen LogP contribution is 2.25. The Morgan fingerprint density at radius 1 is 1.40 bits per heavy atom. The zero-order valence-corrected chi connectivity index (χ0v) is 10.9. The summed E-state index contributed by atoms with van der Waals surface area (Å²) in [6.45, 7) is 8.43. The fraction of sp³-hybridized carbons (Fsp3) is 1.00. The first-order chi connectivity index (χ1) is 7.24. The van der Waals surface area contributed by atoms with Gasteiger partial charge in [0, 0.05) is 25.2 Å². The van der Waals surface area contributed by atoms with Crippen molar-refractivity contribution in [1.82, 2.24) is 10.2 Å². The van der Waals surface area contributed by atoms with Crippen LogP contribution in [0.5, 0.6) is 0 Å². The Balaban J connectivity index is 1.67. The van der Waals surface area contributed by atoms with Gasteiger partial charge in [0.05, 0.1) is 0 Å². The monoisotopic (exact) mass is 228 g/mol. The lowest BCUT2D eigenvalue weighted by Gasteiger charge is -2.20. The second-order valence-corrected chi connectivity index (χ2v) is 6.45. The zero-order valence-electron chi connectivity index (χ0n) is 10.0. The molecule has 0 bridgehead atoms. The van der Waals surface area contributed by atoms with Crippen LogP contribution in [0, 0.1) is 5.92 Å². The maximum Gasteiger partial charge on any atom is 0.0209 e. The van der Waals surface area contributed by atoms with Gasteiger partial charge >= 0.3 is 0 Å². The Morgan fingerprint density at radius 3 is 2.93 bits per heavy atom. The van der Waals surface area contributed by atoms with E-state index in [9.17, 15) is 0 Å². The van der Waals surface area contributed by atoms with E-state index in [0.29, 0.717) is 6.04 Å². The first-order valence-corrected chi connectivity index (χ1v) is 7.45. The largest absolute Gasteiger partial charge is 0.310 e. The highest BCUT2D eigenvalue weighted by molar-refractivity contribution is 7.99. The van der Waals surface area contributed by atoms with Crippen LogP contribution >= 0.6 is 11.8 Å². The number of nitrogens with zero attached hydrogens (tertiary/aromatic N) is 1. The molecule has 2 fully saturated rings. The first-order valence-electron chi connectivity index (χ1n) is 6.30. The second-order valence-electron chi connectivity index (χ2n) is 5.30. The van der Waals surface area contributed by atoms with E-state index in [4.69, 9.17) is 0 Å². The van der Waals surface area contributed by atoms with E-state index in [1.54, 1.807) is 0 Å². The van der Waals surface area contributed by atoms with E-state index in [1.165, 1.54) is 44.0 Å². The van der Waals surface area contributed by atoms with Gasteiger partial charge in [-0.3, -0.25) is 0 Å². The van der Waals surface area contributed by atoms with E-state index in [1.807, 2.05) is 0 Å². The van der Waals surface area contributed by atoms with Crippen molar-refractivity contribution in [2.45, 2.75) is 38.8 Å². The molecule has 0 radical (unpaired) electrons. The van der Waals surface area contributed by atoms with E-state index in [0.717, 1.165) is 12.0 Å². The molecule has 15 heavy (non-hydrogen) atoms. The Bertz CT molecular complexity index is 190. The maximum atomic E-state index is 3.65. The molecule has 0 amide bonds. The number of nitrogens with one attached hydrogen (secondary N) is 1. The van der Waals surface area contributed by atoms with Gasteiger partial charge in [0.15, 0.2) is 0 Å². The van der Waals surface area contributed by atoms with E-state index < -0.39 is 0 Å². The van der Waals surface area contributed by atoms with Crippen LogP contribution < -0.4 is 5.32 Å². The molecule has 1 N–H and O–H groups in total. The minimum Gasteiger partial charge on any atom is -0.310 e. The Morgan fingerprint density at radius 2 is 2.27 bits per heavy atom. The molecule has 3 heteroatoms. The van der Waals surface area contributed by atoms with Gasteiger partial charge < -0.3 is 10.2 Å². The predicted octanol–water partition coefficient (Wildman–Crippen LogP) is 1.81. The van der Waals surface area contributed by atoms with Crippen LogP contribution in [0.4, 0.5) is 0 Å². The summed E-state index contributed by atoms with van der Waals surface area (Å²) in [5.74, 6) is 3.78. The minimum absolute atomic E-state index is 0.636. The third-order valence-electron chi connectivity index (χ3n) is 3.38. The summed E-state index contributed by atoms with van der Waals surface area (Å²) in [6, 6.07) is 1.39. The normalized spacial score (nSPS) is 33.0. The van der Waals surface area contributed by atoms with E-state index in [-0.39, 0.29) is 0 Å². The Hall–Kier alpha value is 0.270. The van der Waals surface area contributed by atoms with Gasteiger partial charge in [-0.25, -0.2) is 0 Å². The third kappa shape index (κ3) is 3.65.